The molecule has 6 heteroatoms. The number of amides is 1. The second kappa shape index (κ2) is 8.08. The first-order valence-corrected chi connectivity index (χ1v) is 7.38. The van der Waals surface area contributed by atoms with E-state index in [0.717, 1.165) is 5.56 Å². The second-order valence-corrected chi connectivity index (χ2v) is 5.38. The Morgan fingerprint density at radius 1 is 1.27 bits per heavy atom. The molecule has 0 bridgehead atoms. The highest BCUT2D eigenvalue weighted by atomic mass is 19.3. The summed E-state index contributed by atoms with van der Waals surface area (Å²) < 4.78 is 28.5. The molecular formula is C16H24F2N2O2. The van der Waals surface area contributed by atoms with E-state index in [9.17, 15) is 13.6 Å². The minimum Gasteiger partial charge on any atom is -0.435 e. The standard InChI is InChI=1S/C16H24F2N2O2/c1-4-16(5-2,11-19)14(21)20(3)10-12-6-8-13(9-7-12)22-15(17)18/h6-9,15H,4-5,10-11,19H2,1-3H3. The molecule has 4 nitrogen and oxygen atoms in total. The number of carbonyl (C=O) groups excluding carboxylic acids is 1. The van der Waals surface area contributed by atoms with Crippen LogP contribution in [0.15, 0.2) is 24.3 Å². The summed E-state index contributed by atoms with van der Waals surface area (Å²) >= 11 is 0. The number of hydrogen-bond acceptors (Lipinski definition) is 3. The molecule has 0 aromatic heterocycles. The topological polar surface area (TPSA) is 55.6 Å². The van der Waals surface area contributed by atoms with Crippen LogP contribution in [0.4, 0.5) is 8.78 Å². The highest BCUT2D eigenvalue weighted by Gasteiger charge is 2.35. The van der Waals surface area contributed by atoms with E-state index in [1.54, 1.807) is 24.1 Å². The van der Waals surface area contributed by atoms with E-state index in [4.69, 9.17) is 5.73 Å². The van der Waals surface area contributed by atoms with Gasteiger partial charge in [-0.2, -0.15) is 8.78 Å². The molecule has 0 unspecified atom stereocenters. The molecule has 1 amide bonds. The highest BCUT2D eigenvalue weighted by molar-refractivity contribution is 5.82. The lowest BCUT2D eigenvalue weighted by atomic mass is 9.81. The molecule has 22 heavy (non-hydrogen) atoms. The summed E-state index contributed by atoms with van der Waals surface area (Å²) in [5, 5.41) is 0. The summed E-state index contributed by atoms with van der Waals surface area (Å²) in [5.74, 6) is 0.110. The maximum Gasteiger partial charge on any atom is 0.387 e. The minimum absolute atomic E-state index is 0.00732. The summed E-state index contributed by atoms with van der Waals surface area (Å²) in [6.07, 6.45) is 1.37. The third kappa shape index (κ3) is 4.40. The van der Waals surface area contributed by atoms with Gasteiger partial charge in [-0.3, -0.25) is 4.79 Å². The highest BCUT2D eigenvalue weighted by Crippen LogP contribution is 2.28. The molecule has 0 radical (unpaired) electrons. The Morgan fingerprint density at radius 2 is 1.82 bits per heavy atom. The Balaban J connectivity index is 2.75. The Bertz CT molecular complexity index is 465. The van der Waals surface area contributed by atoms with Gasteiger partial charge in [0.25, 0.3) is 0 Å². The maximum absolute atomic E-state index is 12.6. The number of nitrogens with two attached hydrogens (primary N) is 1. The quantitative estimate of drug-likeness (QED) is 0.802. The lowest BCUT2D eigenvalue weighted by molar-refractivity contribution is -0.141. The van der Waals surface area contributed by atoms with E-state index in [2.05, 4.69) is 4.74 Å². The lowest BCUT2D eigenvalue weighted by Gasteiger charge is -2.33. The van der Waals surface area contributed by atoms with Crippen molar-refractivity contribution in [1.29, 1.82) is 0 Å². The van der Waals surface area contributed by atoms with Crippen LogP contribution in [-0.4, -0.2) is 31.0 Å². The first-order chi connectivity index (χ1) is 10.4. The number of ether oxygens (including phenoxy) is 1. The number of carbonyl (C=O) groups is 1. The van der Waals surface area contributed by atoms with Crippen LogP contribution < -0.4 is 10.5 Å². The largest absolute Gasteiger partial charge is 0.435 e. The zero-order valence-electron chi connectivity index (χ0n) is 13.3. The van der Waals surface area contributed by atoms with Gasteiger partial charge < -0.3 is 15.4 Å². The lowest BCUT2D eigenvalue weighted by Crippen LogP contribution is -2.45. The fourth-order valence-electron chi connectivity index (χ4n) is 2.46. The molecule has 124 valence electrons. The zero-order valence-corrected chi connectivity index (χ0v) is 13.3. The molecule has 1 aromatic carbocycles. The molecule has 0 aliphatic heterocycles. The fourth-order valence-corrected chi connectivity index (χ4v) is 2.46. The molecule has 0 aliphatic rings. The summed E-state index contributed by atoms with van der Waals surface area (Å²) in [5.41, 5.74) is 6.10. The van der Waals surface area contributed by atoms with E-state index in [-0.39, 0.29) is 11.7 Å². The number of alkyl halides is 2. The van der Waals surface area contributed by atoms with Crippen molar-refractivity contribution in [2.75, 3.05) is 13.6 Å². The average Bonchev–Trinajstić information content (AvgIpc) is 2.51. The van der Waals surface area contributed by atoms with Gasteiger partial charge in [0.05, 0.1) is 5.41 Å². The van der Waals surface area contributed by atoms with E-state index in [1.807, 2.05) is 13.8 Å². The minimum atomic E-state index is -2.84. The van der Waals surface area contributed by atoms with E-state index < -0.39 is 12.0 Å². The van der Waals surface area contributed by atoms with Crippen LogP contribution in [0.5, 0.6) is 5.75 Å². The molecule has 0 saturated heterocycles. The van der Waals surface area contributed by atoms with Crippen molar-refractivity contribution >= 4 is 5.91 Å². The third-order valence-electron chi connectivity index (χ3n) is 4.11. The number of halogens is 2. The summed E-state index contributed by atoms with van der Waals surface area (Å²) in [4.78, 5) is 14.2. The number of benzene rings is 1. The molecule has 0 saturated carbocycles. The van der Waals surface area contributed by atoms with Crippen molar-refractivity contribution in [1.82, 2.24) is 4.90 Å². The molecule has 2 N–H and O–H groups in total. The van der Waals surface area contributed by atoms with Crippen molar-refractivity contribution in [3.8, 4) is 5.75 Å². The number of rotatable bonds is 8. The van der Waals surface area contributed by atoms with Gasteiger partial charge in [-0.15, -0.1) is 0 Å². The van der Waals surface area contributed by atoms with Crippen LogP contribution >= 0.6 is 0 Å². The molecular weight excluding hydrogens is 290 g/mol. The van der Waals surface area contributed by atoms with Crippen molar-refractivity contribution < 1.29 is 18.3 Å². The van der Waals surface area contributed by atoms with E-state index in [0.29, 0.717) is 25.9 Å². The molecule has 1 aromatic rings. The predicted molar refractivity (Wildman–Crippen MR) is 81.6 cm³/mol. The van der Waals surface area contributed by atoms with Crippen LogP contribution in [0.2, 0.25) is 0 Å². The van der Waals surface area contributed by atoms with Gasteiger partial charge in [-0.05, 0) is 30.5 Å². The zero-order chi connectivity index (χ0) is 16.8. The molecule has 0 atom stereocenters. The monoisotopic (exact) mass is 314 g/mol. The van der Waals surface area contributed by atoms with E-state index in [1.165, 1.54) is 12.1 Å². The third-order valence-corrected chi connectivity index (χ3v) is 4.11. The van der Waals surface area contributed by atoms with Gasteiger partial charge in [0, 0.05) is 20.1 Å². The molecule has 0 spiro atoms. The van der Waals surface area contributed by atoms with Crippen molar-refractivity contribution in [2.24, 2.45) is 11.1 Å². The number of hydrogen-bond donors (Lipinski definition) is 1. The summed E-state index contributed by atoms with van der Waals surface area (Å²) in [6.45, 7) is 1.78. The molecule has 0 heterocycles. The van der Waals surface area contributed by atoms with Gasteiger partial charge >= 0.3 is 6.61 Å². The van der Waals surface area contributed by atoms with Gasteiger partial charge in [0.15, 0.2) is 0 Å². The van der Waals surface area contributed by atoms with Gasteiger partial charge in [0.1, 0.15) is 5.75 Å². The Morgan fingerprint density at radius 3 is 2.23 bits per heavy atom. The predicted octanol–water partition coefficient (Wildman–Crippen LogP) is 3.01. The number of nitrogens with zero attached hydrogens (tertiary/aromatic N) is 1. The van der Waals surface area contributed by atoms with Gasteiger partial charge in [-0.1, -0.05) is 26.0 Å². The molecule has 0 fully saturated rings. The van der Waals surface area contributed by atoms with Crippen molar-refractivity contribution in [2.45, 2.75) is 39.8 Å². The average molecular weight is 314 g/mol. The molecule has 1 rings (SSSR count). The SMILES string of the molecule is CCC(CC)(CN)C(=O)N(C)Cc1ccc(OC(F)F)cc1. The smallest absolute Gasteiger partial charge is 0.387 e. The van der Waals surface area contributed by atoms with Crippen LogP contribution in [0.1, 0.15) is 32.3 Å². The fraction of sp³-hybridized carbons (Fsp3) is 0.562. The van der Waals surface area contributed by atoms with Crippen LogP contribution in [-0.2, 0) is 11.3 Å². The Hall–Kier alpha value is -1.69. The molecule has 0 aliphatic carbocycles. The Labute approximate surface area is 130 Å². The van der Waals surface area contributed by atoms with E-state index >= 15 is 0 Å². The summed E-state index contributed by atoms with van der Waals surface area (Å²) in [7, 11) is 1.72. The van der Waals surface area contributed by atoms with Crippen molar-refractivity contribution in [3.05, 3.63) is 29.8 Å². The first kappa shape index (κ1) is 18.4. The van der Waals surface area contributed by atoms with Gasteiger partial charge in [0.2, 0.25) is 5.91 Å². The Kier molecular flexibility index (Phi) is 6.74. The van der Waals surface area contributed by atoms with Gasteiger partial charge in [-0.25, -0.2) is 0 Å². The van der Waals surface area contributed by atoms with Crippen molar-refractivity contribution in [3.63, 3.8) is 0 Å². The normalized spacial score (nSPS) is 11.6. The van der Waals surface area contributed by atoms with Crippen LogP contribution in [0.25, 0.3) is 0 Å². The van der Waals surface area contributed by atoms with Crippen LogP contribution in [0, 0.1) is 5.41 Å². The summed E-state index contributed by atoms with van der Waals surface area (Å²) in [6, 6.07) is 6.28. The maximum atomic E-state index is 12.6. The first-order valence-electron chi connectivity index (χ1n) is 7.38. The second-order valence-electron chi connectivity index (χ2n) is 5.38. The van der Waals surface area contributed by atoms with Crippen LogP contribution in [0.3, 0.4) is 0 Å².